The Kier molecular flexibility index (Phi) is 1.55. The molecule has 0 radical (unpaired) electrons. The molecule has 0 aliphatic rings. The third kappa shape index (κ3) is 1.16. The standard InChI is InChI=1S/C7H4FN3O/c8-5-3-9-7(10-4-5)6-1-2-12-11-6/h1-4H. The van der Waals surface area contributed by atoms with Crippen molar-refractivity contribution in [2.45, 2.75) is 0 Å². The van der Waals surface area contributed by atoms with Gasteiger partial charge in [0.05, 0.1) is 12.4 Å². The van der Waals surface area contributed by atoms with Crippen molar-refractivity contribution in [2.24, 2.45) is 0 Å². The summed E-state index contributed by atoms with van der Waals surface area (Å²) in [5, 5.41) is 3.59. The van der Waals surface area contributed by atoms with Crippen LogP contribution in [0.5, 0.6) is 0 Å². The van der Waals surface area contributed by atoms with Crippen molar-refractivity contribution < 1.29 is 8.91 Å². The molecule has 0 amide bonds. The van der Waals surface area contributed by atoms with E-state index in [9.17, 15) is 4.39 Å². The van der Waals surface area contributed by atoms with Crippen LogP contribution in [0.4, 0.5) is 4.39 Å². The van der Waals surface area contributed by atoms with Gasteiger partial charge in [-0.2, -0.15) is 0 Å². The van der Waals surface area contributed by atoms with E-state index in [0.717, 1.165) is 12.4 Å². The Balaban J connectivity index is 2.43. The Morgan fingerprint density at radius 3 is 2.58 bits per heavy atom. The van der Waals surface area contributed by atoms with Crippen molar-refractivity contribution in [2.75, 3.05) is 0 Å². The molecule has 2 aromatic rings. The van der Waals surface area contributed by atoms with Gasteiger partial charge in [0.2, 0.25) is 0 Å². The first-order valence-electron chi connectivity index (χ1n) is 3.24. The molecule has 5 heteroatoms. The van der Waals surface area contributed by atoms with Crippen LogP contribution in [0, 0.1) is 5.82 Å². The number of aromatic nitrogens is 3. The average molecular weight is 165 g/mol. The molecule has 0 saturated carbocycles. The van der Waals surface area contributed by atoms with Crippen molar-refractivity contribution in [3.63, 3.8) is 0 Å². The Bertz CT molecular complexity index is 357. The molecule has 0 bridgehead atoms. The summed E-state index contributed by atoms with van der Waals surface area (Å²) >= 11 is 0. The first-order valence-corrected chi connectivity index (χ1v) is 3.24. The zero-order chi connectivity index (χ0) is 8.39. The second-order valence-electron chi connectivity index (χ2n) is 2.11. The third-order valence-electron chi connectivity index (χ3n) is 1.29. The number of rotatable bonds is 1. The Labute approximate surface area is 67.1 Å². The largest absolute Gasteiger partial charge is 0.364 e. The topological polar surface area (TPSA) is 51.8 Å². The fraction of sp³-hybridized carbons (Fsp3) is 0. The van der Waals surface area contributed by atoms with E-state index >= 15 is 0 Å². The summed E-state index contributed by atoms with van der Waals surface area (Å²) in [4.78, 5) is 7.42. The minimum absolute atomic E-state index is 0.352. The fourth-order valence-corrected chi connectivity index (χ4v) is 0.772. The van der Waals surface area contributed by atoms with E-state index in [2.05, 4.69) is 19.6 Å². The van der Waals surface area contributed by atoms with Gasteiger partial charge in [0.15, 0.2) is 17.3 Å². The minimum Gasteiger partial charge on any atom is -0.364 e. The first-order chi connectivity index (χ1) is 5.86. The van der Waals surface area contributed by atoms with Gasteiger partial charge in [0.1, 0.15) is 6.26 Å². The van der Waals surface area contributed by atoms with Gasteiger partial charge in [-0.15, -0.1) is 0 Å². The molecule has 2 heterocycles. The molecule has 0 aromatic carbocycles. The van der Waals surface area contributed by atoms with E-state index < -0.39 is 5.82 Å². The Hall–Kier alpha value is -1.78. The van der Waals surface area contributed by atoms with Gasteiger partial charge < -0.3 is 4.52 Å². The molecular weight excluding hydrogens is 161 g/mol. The lowest BCUT2D eigenvalue weighted by atomic mass is 10.4. The highest BCUT2D eigenvalue weighted by molar-refractivity contribution is 5.46. The number of hydrogen-bond donors (Lipinski definition) is 0. The maximum atomic E-state index is 12.4. The molecule has 0 unspecified atom stereocenters. The van der Waals surface area contributed by atoms with E-state index in [4.69, 9.17) is 0 Å². The molecule has 60 valence electrons. The lowest BCUT2D eigenvalue weighted by Gasteiger charge is -1.90. The lowest BCUT2D eigenvalue weighted by molar-refractivity contribution is 0.421. The van der Waals surface area contributed by atoms with Crippen LogP contribution in [0.3, 0.4) is 0 Å². The summed E-state index contributed by atoms with van der Waals surface area (Å²) in [6, 6.07) is 1.60. The molecule has 2 aromatic heterocycles. The van der Waals surface area contributed by atoms with Crippen molar-refractivity contribution in [1.82, 2.24) is 15.1 Å². The molecule has 4 nitrogen and oxygen atoms in total. The van der Waals surface area contributed by atoms with Gasteiger partial charge in [-0.3, -0.25) is 0 Å². The Morgan fingerprint density at radius 1 is 1.25 bits per heavy atom. The molecule has 0 spiro atoms. The molecule has 0 fully saturated rings. The Morgan fingerprint density at radius 2 is 2.00 bits per heavy atom. The van der Waals surface area contributed by atoms with Gasteiger partial charge in [0, 0.05) is 6.07 Å². The third-order valence-corrected chi connectivity index (χ3v) is 1.29. The van der Waals surface area contributed by atoms with Gasteiger partial charge in [-0.25, -0.2) is 14.4 Å². The normalized spacial score (nSPS) is 10.1. The summed E-state index contributed by atoms with van der Waals surface area (Å²) in [5.41, 5.74) is 0.495. The molecule has 0 aliphatic carbocycles. The highest BCUT2D eigenvalue weighted by Gasteiger charge is 2.03. The molecule has 2 rings (SSSR count). The number of nitrogens with zero attached hydrogens (tertiary/aromatic N) is 3. The number of hydrogen-bond acceptors (Lipinski definition) is 4. The van der Waals surface area contributed by atoms with Gasteiger partial charge >= 0.3 is 0 Å². The fourth-order valence-electron chi connectivity index (χ4n) is 0.772. The summed E-state index contributed by atoms with van der Waals surface area (Å²) in [6.45, 7) is 0. The van der Waals surface area contributed by atoms with Crippen LogP contribution in [-0.4, -0.2) is 15.1 Å². The first kappa shape index (κ1) is 6.90. The van der Waals surface area contributed by atoms with Crippen LogP contribution in [0.1, 0.15) is 0 Å². The van der Waals surface area contributed by atoms with Crippen LogP contribution in [-0.2, 0) is 0 Å². The van der Waals surface area contributed by atoms with E-state index in [1.54, 1.807) is 6.07 Å². The van der Waals surface area contributed by atoms with Crippen LogP contribution in [0.15, 0.2) is 29.2 Å². The van der Waals surface area contributed by atoms with Gasteiger partial charge in [-0.05, 0) is 0 Å². The number of halogens is 1. The quantitative estimate of drug-likeness (QED) is 0.638. The van der Waals surface area contributed by atoms with Crippen LogP contribution < -0.4 is 0 Å². The van der Waals surface area contributed by atoms with Crippen molar-refractivity contribution in [1.29, 1.82) is 0 Å². The van der Waals surface area contributed by atoms with Crippen molar-refractivity contribution >= 4 is 0 Å². The second kappa shape index (κ2) is 2.69. The summed E-state index contributed by atoms with van der Waals surface area (Å²) in [5.74, 6) is -0.118. The SMILES string of the molecule is Fc1cnc(-c2ccon2)nc1. The highest BCUT2D eigenvalue weighted by Crippen LogP contribution is 2.09. The predicted molar refractivity (Wildman–Crippen MR) is 37.5 cm³/mol. The zero-order valence-corrected chi connectivity index (χ0v) is 5.94. The van der Waals surface area contributed by atoms with Crippen LogP contribution >= 0.6 is 0 Å². The van der Waals surface area contributed by atoms with E-state index in [1.807, 2.05) is 0 Å². The maximum absolute atomic E-state index is 12.4. The van der Waals surface area contributed by atoms with Gasteiger partial charge in [0.25, 0.3) is 0 Å². The molecule has 0 atom stereocenters. The summed E-state index contributed by atoms with van der Waals surface area (Å²) in [6.07, 6.45) is 3.57. The summed E-state index contributed by atoms with van der Waals surface area (Å²) < 4.78 is 16.9. The predicted octanol–water partition coefficient (Wildman–Crippen LogP) is 1.27. The van der Waals surface area contributed by atoms with E-state index in [1.165, 1.54) is 6.26 Å². The van der Waals surface area contributed by atoms with Crippen molar-refractivity contribution in [3.8, 4) is 11.5 Å². The maximum Gasteiger partial charge on any atom is 0.181 e. The smallest absolute Gasteiger partial charge is 0.181 e. The molecule has 0 aliphatic heterocycles. The van der Waals surface area contributed by atoms with Crippen LogP contribution in [0.2, 0.25) is 0 Å². The monoisotopic (exact) mass is 165 g/mol. The zero-order valence-electron chi connectivity index (χ0n) is 5.94. The molecule has 0 N–H and O–H groups in total. The molecule has 12 heavy (non-hydrogen) atoms. The van der Waals surface area contributed by atoms with Crippen LogP contribution in [0.25, 0.3) is 11.5 Å². The second-order valence-corrected chi connectivity index (χ2v) is 2.11. The van der Waals surface area contributed by atoms with E-state index in [0.29, 0.717) is 11.5 Å². The lowest BCUT2D eigenvalue weighted by Crippen LogP contribution is -1.88. The van der Waals surface area contributed by atoms with E-state index in [-0.39, 0.29) is 0 Å². The minimum atomic E-state index is -0.470. The van der Waals surface area contributed by atoms with Gasteiger partial charge in [-0.1, -0.05) is 5.16 Å². The molecular formula is C7H4FN3O. The molecule has 0 saturated heterocycles. The average Bonchev–Trinajstić information content (AvgIpc) is 2.58. The van der Waals surface area contributed by atoms with Crippen molar-refractivity contribution in [3.05, 3.63) is 30.5 Å². The summed E-state index contributed by atoms with van der Waals surface area (Å²) in [7, 11) is 0. The highest BCUT2D eigenvalue weighted by atomic mass is 19.1.